The highest BCUT2D eigenvalue weighted by Gasteiger charge is 2.13. The van der Waals surface area contributed by atoms with E-state index in [0.717, 1.165) is 11.1 Å². The van der Waals surface area contributed by atoms with Crippen LogP contribution in [0.3, 0.4) is 0 Å². The molecule has 0 unspecified atom stereocenters. The molecule has 0 fully saturated rings. The first-order chi connectivity index (χ1) is 13.5. The Bertz CT molecular complexity index is 1030. The Hall–Kier alpha value is -3.24. The van der Waals surface area contributed by atoms with Crippen molar-refractivity contribution in [1.29, 1.82) is 0 Å². The first-order valence-corrected chi connectivity index (χ1v) is 10.0. The quantitative estimate of drug-likeness (QED) is 0.568. The van der Waals surface area contributed by atoms with E-state index in [2.05, 4.69) is 10.6 Å². The van der Waals surface area contributed by atoms with Crippen LogP contribution in [0.4, 0.5) is 5.69 Å². The summed E-state index contributed by atoms with van der Waals surface area (Å²) in [4.78, 5) is 35.5. The second-order valence-corrected chi connectivity index (χ2v) is 7.90. The summed E-state index contributed by atoms with van der Waals surface area (Å²) in [6.45, 7) is 2.71. The number of hydrogen-bond acceptors (Lipinski definition) is 6. The number of primary sulfonamides is 1. The zero-order valence-corrected chi connectivity index (χ0v) is 16.7. The van der Waals surface area contributed by atoms with E-state index in [4.69, 9.17) is 9.88 Å². The van der Waals surface area contributed by atoms with Gasteiger partial charge in [-0.3, -0.25) is 14.4 Å². The third-order valence-electron chi connectivity index (χ3n) is 3.69. The number of anilines is 1. The molecule has 154 valence electrons. The number of aryl methyl sites for hydroxylation is 2. The summed E-state index contributed by atoms with van der Waals surface area (Å²) in [5.74, 6) is -1.90. The van der Waals surface area contributed by atoms with Gasteiger partial charge in [-0.2, -0.15) is 0 Å². The number of sulfonamides is 1. The maximum Gasteiger partial charge on any atom is 0.325 e. The van der Waals surface area contributed by atoms with Crippen molar-refractivity contribution in [2.24, 2.45) is 5.14 Å². The van der Waals surface area contributed by atoms with Crippen LogP contribution in [0, 0.1) is 13.8 Å². The van der Waals surface area contributed by atoms with Crippen molar-refractivity contribution in [1.82, 2.24) is 5.32 Å². The van der Waals surface area contributed by atoms with Gasteiger partial charge in [0.05, 0.1) is 4.90 Å². The summed E-state index contributed by atoms with van der Waals surface area (Å²) in [7, 11) is -3.91. The Labute approximate surface area is 168 Å². The number of hydrogen-bond donors (Lipinski definition) is 3. The fourth-order valence-corrected chi connectivity index (χ4v) is 3.06. The van der Waals surface area contributed by atoms with Crippen LogP contribution >= 0.6 is 0 Å². The number of carbonyl (C=O) groups excluding carboxylic acids is 3. The van der Waals surface area contributed by atoms with E-state index < -0.39 is 41.0 Å². The fourth-order valence-electron chi connectivity index (χ4n) is 2.51. The molecule has 0 radical (unpaired) electrons. The number of nitrogens with two attached hydrogens (primary N) is 1. The fraction of sp³-hybridized carbons (Fsp3) is 0.211. The Balaban J connectivity index is 1.81. The smallest absolute Gasteiger partial charge is 0.325 e. The molecule has 0 bridgehead atoms. The van der Waals surface area contributed by atoms with Gasteiger partial charge in [0.2, 0.25) is 10.0 Å². The molecule has 9 nitrogen and oxygen atoms in total. The first kappa shape index (κ1) is 22.1. The minimum Gasteiger partial charge on any atom is -0.454 e. The van der Waals surface area contributed by atoms with Gasteiger partial charge in [-0.05, 0) is 44.2 Å². The van der Waals surface area contributed by atoms with Crippen molar-refractivity contribution < 1.29 is 27.5 Å². The van der Waals surface area contributed by atoms with Crippen molar-refractivity contribution in [3.63, 3.8) is 0 Å². The topological polar surface area (TPSA) is 145 Å². The van der Waals surface area contributed by atoms with E-state index >= 15 is 0 Å². The van der Waals surface area contributed by atoms with E-state index in [1.54, 1.807) is 12.1 Å². The molecule has 29 heavy (non-hydrogen) atoms. The first-order valence-electron chi connectivity index (χ1n) is 8.49. The molecule has 0 atom stereocenters. The molecule has 10 heteroatoms. The summed E-state index contributed by atoms with van der Waals surface area (Å²) >= 11 is 0. The normalized spacial score (nSPS) is 10.9. The lowest BCUT2D eigenvalue weighted by Gasteiger charge is -2.09. The zero-order chi connectivity index (χ0) is 21.6. The molecule has 2 rings (SSSR count). The van der Waals surface area contributed by atoms with Crippen molar-refractivity contribution in [2.75, 3.05) is 18.5 Å². The predicted octanol–water partition coefficient (Wildman–Crippen LogP) is 0.863. The molecule has 2 aromatic rings. The van der Waals surface area contributed by atoms with Crippen LogP contribution < -0.4 is 15.8 Å². The largest absolute Gasteiger partial charge is 0.454 e. The van der Waals surface area contributed by atoms with Crippen LogP contribution in [0.5, 0.6) is 0 Å². The lowest BCUT2D eigenvalue weighted by Crippen LogP contribution is -2.32. The van der Waals surface area contributed by atoms with E-state index in [1.807, 2.05) is 19.9 Å². The van der Waals surface area contributed by atoms with Gasteiger partial charge < -0.3 is 15.4 Å². The molecule has 0 aliphatic carbocycles. The summed E-state index contributed by atoms with van der Waals surface area (Å²) in [6, 6.07) is 10.6. The van der Waals surface area contributed by atoms with Crippen molar-refractivity contribution in [2.45, 2.75) is 18.7 Å². The minimum atomic E-state index is -3.91. The molecule has 0 heterocycles. The molecule has 0 saturated carbocycles. The van der Waals surface area contributed by atoms with Crippen LogP contribution in [0.15, 0.2) is 47.4 Å². The van der Waals surface area contributed by atoms with Crippen LogP contribution in [0.25, 0.3) is 0 Å². The van der Waals surface area contributed by atoms with Crippen molar-refractivity contribution in [3.8, 4) is 0 Å². The van der Waals surface area contributed by atoms with Crippen LogP contribution in [0.1, 0.15) is 21.5 Å². The maximum absolute atomic E-state index is 12.1. The number of amides is 2. The van der Waals surface area contributed by atoms with Gasteiger partial charge in [0, 0.05) is 11.3 Å². The third kappa shape index (κ3) is 7.01. The van der Waals surface area contributed by atoms with Gasteiger partial charge in [-0.25, -0.2) is 13.6 Å². The SMILES string of the molecule is Cc1cc(C)cc(C(=O)NCC(=O)OCC(=O)Nc2cccc(S(N)(=O)=O)c2)c1. The highest BCUT2D eigenvalue weighted by molar-refractivity contribution is 7.89. The molecule has 0 aromatic heterocycles. The standard InChI is InChI=1S/C19H21N3O6S/c1-12-6-13(2)8-14(7-12)19(25)21-10-18(24)28-11-17(23)22-15-4-3-5-16(9-15)29(20,26)27/h3-9H,10-11H2,1-2H3,(H,21,25)(H,22,23)(H2,20,26,27). The molecule has 0 saturated heterocycles. The number of rotatable bonds is 7. The summed E-state index contributed by atoms with van der Waals surface area (Å²) in [5.41, 5.74) is 2.44. The van der Waals surface area contributed by atoms with E-state index in [-0.39, 0.29) is 10.6 Å². The molecule has 2 amide bonds. The average molecular weight is 419 g/mol. The number of nitrogens with one attached hydrogen (secondary N) is 2. The molecular formula is C19H21N3O6S. The molecular weight excluding hydrogens is 398 g/mol. The molecule has 0 aliphatic heterocycles. The minimum absolute atomic E-state index is 0.165. The van der Waals surface area contributed by atoms with Gasteiger partial charge in [0.1, 0.15) is 6.54 Å². The predicted molar refractivity (Wildman–Crippen MR) is 106 cm³/mol. The zero-order valence-electron chi connectivity index (χ0n) is 15.9. The van der Waals surface area contributed by atoms with E-state index in [9.17, 15) is 22.8 Å². The van der Waals surface area contributed by atoms with Gasteiger partial charge in [-0.15, -0.1) is 0 Å². The van der Waals surface area contributed by atoms with Crippen LogP contribution in [0.2, 0.25) is 0 Å². The highest BCUT2D eigenvalue weighted by Crippen LogP contribution is 2.14. The summed E-state index contributed by atoms with van der Waals surface area (Å²) in [5, 5.41) is 9.84. The second-order valence-electron chi connectivity index (χ2n) is 6.34. The van der Waals surface area contributed by atoms with Crippen molar-refractivity contribution in [3.05, 3.63) is 59.2 Å². The Morgan fingerprint density at radius 1 is 1.03 bits per heavy atom. The number of benzene rings is 2. The highest BCUT2D eigenvalue weighted by atomic mass is 32.2. The van der Waals surface area contributed by atoms with Crippen molar-refractivity contribution >= 4 is 33.5 Å². The van der Waals surface area contributed by atoms with Gasteiger partial charge in [0.25, 0.3) is 11.8 Å². The molecule has 4 N–H and O–H groups in total. The summed E-state index contributed by atoms with van der Waals surface area (Å²) < 4.78 is 27.4. The monoisotopic (exact) mass is 419 g/mol. The van der Waals surface area contributed by atoms with E-state index in [1.165, 1.54) is 24.3 Å². The summed E-state index contributed by atoms with van der Waals surface area (Å²) in [6.07, 6.45) is 0. The number of ether oxygens (including phenoxy) is 1. The van der Waals surface area contributed by atoms with Crippen LogP contribution in [-0.4, -0.2) is 39.4 Å². The van der Waals surface area contributed by atoms with Gasteiger partial charge >= 0.3 is 5.97 Å². The number of esters is 1. The average Bonchev–Trinajstić information content (AvgIpc) is 2.63. The second kappa shape index (κ2) is 9.30. The molecule has 0 spiro atoms. The lowest BCUT2D eigenvalue weighted by molar-refractivity contribution is -0.146. The van der Waals surface area contributed by atoms with Crippen LogP contribution in [-0.2, 0) is 24.3 Å². The van der Waals surface area contributed by atoms with Gasteiger partial charge in [-0.1, -0.05) is 23.3 Å². The Kier molecular flexibility index (Phi) is 7.08. The third-order valence-corrected chi connectivity index (χ3v) is 4.60. The maximum atomic E-state index is 12.1. The molecule has 0 aliphatic rings. The lowest BCUT2D eigenvalue weighted by atomic mass is 10.1. The molecule has 2 aromatic carbocycles. The Morgan fingerprint density at radius 3 is 2.31 bits per heavy atom. The Morgan fingerprint density at radius 2 is 1.69 bits per heavy atom. The van der Waals surface area contributed by atoms with Gasteiger partial charge in [0.15, 0.2) is 6.61 Å². The number of carbonyl (C=O) groups is 3. The van der Waals surface area contributed by atoms with E-state index in [0.29, 0.717) is 5.56 Å².